The van der Waals surface area contributed by atoms with Crippen LogP contribution in [0.1, 0.15) is 162 Å². The predicted octanol–water partition coefficient (Wildman–Crippen LogP) is 6.79. The Morgan fingerprint density at radius 2 is 0.865 bits per heavy atom. The molecule has 0 rings (SSSR count). The Balaban J connectivity index is 4.64. The molecular formula is C31H58O6. The van der Waals surface area contributed by atoms with Crippen LogP contribution in [0.5, 0.6) is 0 Å². The average Bonchev–Trinajstić information content (AvgIpc) is 2.89. The highest BCUT2D eigenvalue weighted by Gasteiger charge is 2.52. The number of unbranched alkanes of at least 4 members (excludes halogenated alkanes) is 16. The van der Waals surface area contributed by atoms with Crippen LogP contribution in [-0.2, 0) is 14.4 Å². The molecule has 0 spiro atoms. The standard InChI is InChI=1S/C31H58O6/c1-4-7-9-11-13-15-17-19-21-24-26(32)29(35)30(36)31(37,27(33)23-6-3)28(34)25-22-20-18-16-14-12-10-8-5-2/h29-30,35-37H,4-25H2,1-3H3. The maximum Gasteiger partial charge on any atom is 0.210 e. The third-order valence-corrected chi connectivity index (χ3v) is 7.42. The molecular weight excluding hydrogens is 468 g/mol. The molecule has 3 unspecified atom stereocenters. The van der Waals surface area contributed by atoms with E-state index in [1.54, 1.807) is 6.92 Å². The summed E-state index contributed by atoms with van der Waals surface area (Å²) in [5.41, 5.74) is -2.73. The van der Waals surface area contributed by atoms with Crippen LogP contribution in [0.4, 0.5) is 0 Å². The topological polar surface area (TPSA) is 112 Å². The second kappa shape index (κ2) is 22.8. The normalized spacial score (nSPS) is 14.8. The molecule has 0 fully saturated rings. The average molecular weight is 527 g/mol. The molecule has 0 aromatic heterocycles. The summed E-state index contributed by atoms with van der Waals surface area (Å²) >= 11 is 0. The lowest BCUT2D eigenvalue weighted by Crippen LogP contribution is -2.61. The first-order chi connectivity index (χ1) is 17.8. The van der Waals surface area contributed by atoms with Gasteiger partial charge < -0.3 is 15.3 Å². The number of ketones is 3. The minimum absolute atomic E-state index is 0.0541. The van der Waals surface area contributed by atoms with E-state index in [1.165, 1.54) is 64.2 Å². The summed E-state index contributed by atoms with van der Waals surface area (Å²) in [5.74, 6) is -2.25. The molecule has 0 aliphatic carbocycles. The molecule has 0 saturated heterocycles. The third-order valence-electron chi connectivity index (χ3n) is 7.42. The highest BCUT2D eigenvalue weighted by molar-refractivity contribution is 6.11. The Morgan fingerprint density at radius 3 is 1.27 bits per heavy atom. The number of carbonyl (C=O) groups excluding carboxylic acids is 3. The number of aliphatic hydroxyl groups excluding tert-OH is 2. The molecule has 0 aromatic rings. The second-order valence-electron chi connectivity index (χ2n) is 10.9. The first kappa shape index (κ1) is 35.9. The molecule has 3 atom stereocenters. The van der Waals surface area contributed by atoms with Gasteiger partial charge in [-0.3, -0.25) is 14.4 Å². The number of hydrogen-bond donors (Lipinski definition) is 3. The third kappa shape index (κ3) is 15.2. The Kier molecular flexibility index (Phi) is 22.2. The molecule has 0 aliphatic rings. The van der Waals surface area contributed by atoms with Gasteiger partial charge in [0.05, 0.1) is 0 Å². The van der Waals surface area contributed by atoms with Gasteiger partial charge in [0.1, 0.15) is 12.2 Å². The van der Waals surface area contributed by atoms with Gasteiger partial charge in [0, 0.05) is 19.3 Å². The van der Waals surface area contributed by atoms with E-state index in [9.17, 15) is 29.7 Å². The number of carbonyl (C=O) groups is 3. The van der Waals surface area contributed by atoms with Crippen LogP contribution in [0.2, 0.25) is 0 Å². The highest BCUT2D eigenvalue weighted by atomic mass is 16.4. The second-order valence-corrected chi connectivity index (χ2v) is 10.9. The van der Waals surface area contributed by atoms with Crippen LogP contribution in [-0.4, -0.2) is 50.5 Å². The molecule has 3 N–H and O–H groups in total. The van der Waals surface area contributed by atoms with Crippen molar-refractivity contribution in [3.63, 3.8) is 0 Å². The maximum absolute atomic E-state index is 12.9. The molecule has 6 nitrogen and oxygen atoms in total. The van der Waals surface area contributed by atoms with E-state index < -0.39 is 35.2 Å². The van der Waals surface area contributed by atoms with Crippen molar-refractivity contribution >= 4 is 17.3 Å². The molecule has 0 bridgehead atoms. The summed E-state index contributed by atoms with van der Waals surface area (Å²) in [4.78, 5) is 38.2. The zero-order valence-electron chi connectivity index (χ0n) is 24.3. The van der Waals surface area contributed by atoms with Crippen molar-refractivity contribution in [2.24, 2.45) is 0 Å². The molecule has 0 aromatic carbocycles. The first-order valence-corrected chi connectivity index (χ1v) is 15.4. The van der Waals surface area contributed by atoms with Crippen LogP contribution < -0.4 is 0 Å². The largest absolute Gasteiger partial charge is 0.386 e. The SMILES string of the molecule is CCCCCCCCCCCC(=O)C(O)C(O)C(O)(C(=O)CCC)C(=O)CCCCCCCCCCC. The summed E-state index contributed by atoms with van der Waals surface area (Å²) in [6.45, 7) is 6.12. The zero-order chi connectivity index (χ0) is 27.9. The maximum atomic E-state index is 12.9. The van der Waals surface area contributed by atoms with Gasteiger partial charge in [0.25, 0.3) is 0 Å². The van der Waals surface area contributed by atoms with Gasteiger partial charge in [-0.2, -0.15) is 0 Å². The Morgan fingerprint density at radius 1 is 0.514 bits per heavy atom. The van der Waals surface area contributed by atoms with Crippen molar-refractivity contribution < 1.29 is 29.7 Å². The summed E-state index contributed by atoms with van der Waals surface area (Å²) < 4.78 is 0. The molecule has 0 heterocycles. The van der Waals surface area contributed by atoms with E-state index in [4.69, 9.17) is 0 Å². The van der Waals surface area contributed by atoms with Gasteiger partial charge in [-0.25, -0.2) is 0 Å². The van der Waals surface area contributed by atoms with Crippen molar-refractivity contribution in [1.82, 2.24) is 0 Å². The van der Waals surface area contributed by atoms with Gasteiger partial charge in [-0.1, -0.05) is 124 Å². The summed E-state index contributed by atoms with van der Waals surface area (Å²) in [6, 6.07) is 0. The van der Waals surface area contributed by atoms with Crippen LogP contribution in [0.15, 0.2) is 0 Å². The minimum Gasteiger partial charge on any atom is -0.386 e. The predicted molar refractivity (Wildman–Crippen MR) is 151 cm³/mol. The molecule has 6 heteroatoms. The van der Waals surface area contributed by atoms with Crippen molar-refractivity contribution in [3.8, 4) is 0 Å². The summed E-state index contributed by atoms with van der Waals surface area (Å²) in [7, 11) is 0. The fourth-order valence-corrected chi connectivity index (χ4v) is 4.85. The minimum atomic E-state index is -2.73. The van der Waals surface area contributed by atoms with Crippen LogP contribution in [0.25, 0.3) is 0 Å². The van der Waals surface area contributed by atoms with Crippen LogP contribution in [0.3, 0.4) is 0 Å². The lowest BCUT2D eigenvalue weighted by atomic mass is 9.79. The van der Waals surface area contributed by atoms with E-state index in [0.29, 0.717) is 19.3 Å². The van der Waals surface area contributed by atoms with Gasteiger partial charge in [-0.05, 0) is 19.3 Å². The Bertz CT molecular complexity index is 605. The number of Topliss-reactive ketones (excluding diaryl/α,β-unsaturated/α-hetero) is 3. The van der Waals surface area contributed by atoms with Crippen molar-refractivity contribution in [3.05, 3.63) is 0 Å². The summed E-state index contributed by atoms with van der Waals surface area (Å²) in [5, 5.41) is 32.2. The highest BCUT2D eigenvalue weighted by Crippen LogP contribution is 2.24. The summed E-state index contributed by atoms with van der Waals surface area (Å²) in [6.07, 6.45) is 15.4. The molecule has 0 amide bonds. The van der Waals surface area contributed by atoms with Crippen molar-refractivity contribution in [2.75, 3.05) is 0 Å². The molecule has 218 valence electrons. The zero-order valence-corrected chi connectivity index (χ0v) is 24.3. The molecule has 0 saturated carbocycles. The fourth-order valence-electron chi connectivity index (χ4n) is 4.85. The smallest absolute Gasteiger partial charge is 0.210 e. The number of aliphatic hydroxyl groups is 3. The van der Waals surface area contributed by atoms with Crippen LogP contribution >= 0.6 is 0 Å². The van der Waals surface area contributed by atoms with Crippen LogP contribution in [0, 0.1) is 0 Å². The van der Waals surface area contributed by atoms with Gasteiger partial charge >= 0.3 is 0 Å². The monoisotopic (exact) mass is 526 g/mol. The van der Waals surface area contributed by atoms with E-state index in [2.05, 4.69) is 13.8 Å². The Hall–Kier alpha value is -1.11. The van der Waals surface area contributed by atoms with E-state index in [-0.39, 0.29) is 19.3 Å². The van der Waals surface area contributed by atoms with Gasteiger partial charge in [0.2, 0.25) is 5.60 Å². The van der Waals surface area contributed by atoms with Crippen molar-refractivity contribution in [1.29, 1.82) is 0 Å². The molecule has 37 heavy (non-hydrogen) atoms. The van der Waals surface area contributed by atoms with Gasteiger partial charge in [0.15, 0.2) is 17.3 Å². The van der Waals surface area contributed by atoms with Crippen molar-refractivity contribution in [2.45, 2.75) is 180 Å². The van der Waals surface area contributed by atoms with Gasteiger partial charge in [-0.15, -0.1) is 0 Å². The fraction of sp³-hybridized carbons (Fsp3) is 0.903. The van der Waals surface area contributed by atoms with E-state index >= 15 is 0 Å². The van der Waals surface area contributed by atoms with E-state index in [1.807, 2.05) is 0 Å². The number of rotatable bonds is 27. The number of hydrogen-bond acceptors (Lipinski definition) is 6. The first-order valence-electron chi connectivity index (χ1n) is 15.4. The quantitative estimate of drug-likeness (QED) is 0.0802. The van der Waals surface area contributed by atoms with E-state index in [0.717, 1.165) is 38.5 Å². The lowest BCUT2D eigenvalue weighted by Gasteiger charge is -2.32. The molecule has 0 aliphatic heterocycles. The Labute approximate surface area is 227 Å². The molecule has 0 radical (unpaired) electrons. The lowest BCUT2D eigenvalue weighted by molar-refractivity contribution is -0.174.